The van der Waals surface area contributed by atoms with Crippen molar-refractivity contribution in [1.29, 1.82) is 0 Å². The van der Waals surface area contributed by atoms with Crippen molar-refractivity contribution >= 4 is 21.6 Å². The van der Waals surface area contributed by atoms with Crippen LogP contribution in [0.4, 0.5) is 5.69 Å². The quantitative estimate of drug-likeness (QED) is 0.723. The number of rotatable bonds is 6. The second-order valence-corrected chi connectivity index (χ2v) is 6.64. The number of sulfonamides is 1. The van der Waals surface area contributed by atoms with Gasteiger partial charge in [-0.05, 0) is 43.5 Å². The molecule has 1 atom stereocenters. The van der Waals surface area contributed by atoms with Crippen LogP contribution < -0.4 is 15.8 Å². The lowest BCUT2D eigenvalue weighted by Crippen LogP contribution is -2.34. The van der Waals surface area contributed by atoms with Crippen molar-refractivity contribution in [3.8, 4) is 0 Å². The molecule has 0 unspecified atom stereocenters. The lowest BCUT2D eigenvalue weighted by molar-refractivity contribution is -0.117. The smallest absolute Gasteiger partial charge is 0.241 e. The summed E-state index contributed by atoms with van der Waals surface area (Å²) in [6, 6.07) is 5.57. The van der Waals surface area contributed by atoms with Crippen molar-refractivity contribution in [3.05, 3.63) is 24.3 Å². The van der Waals surface area contributed by atoms with Crippen molar-refractivity contribution in [2.24, 2.45) is 5.73 Å². The largest absolute Gasteiger partial charge is 0.325 e. The number of nitrogens with two attached hydrogens (primary N) is 1. The molecule has 1 aromatic rings. The van der Waals surface area contributed by atoms with E-state index in [9.17, 15) is 13.2 Å². The zero-order chi connectivity index (χ0) is 14.8. The Morgan fingerprint density at radius 3 is 2.45 bits per heavy atom. The molecule has 1 amide bonds. The summed E-state index contributed by atoms with van der Waals surface area (Å²) in [5.74, 6) is -0.279. The normalized spacial score (nSPS) is 16.7. The summed E-state index contributed by atoms with van der Waals surface area (Å²) >= 11 is 0. The predicted molar refractivity (Wildman–Crippen MR) is 76.7 cm³/mol. The summed E-state index contributed by atoms with van der Waals surface area (Å²) < 4.78 is 26.5. The van der Waals surface area contributed by atoms with E-state index in [2.05, 4.69) is 10.0 Å². The Labute approximate surface area is 118 Å². The van der Waals surface area contributed by atoms with Crippen LogP contribution in [0.25, 0.3) is 0 Å². The van der Waals surface area contributed by atoms with Gasteiger partial charge in [0.1, 0.15) is 0 Å². The van der Waals surface area contributed by atoms with Gasteiger partial charge in [0, 0.05) is 11.7 Å². The number of benzene rings is 1. The summed E-state index contributed by atoms with van der Waals surface area (Å²) in [7, 11) is -3.45. The molecular formula is C13H19N3O3S. The van der Waals surface area contributed by atoms with E-state index >= 15 is 0 Å². The molecule has 110 valence electrons. The van der Waals surface area contributed by atoms with Gasteiger partial charge in [-0.3, -0.25) is 4.79 Å². The monoisotopic (exact) mass is 297 g/mol. The zero-order valence-corrected chi connectivity index (χ0v) is 12.1. The van der Waals surface area contributed by atoms with Crippen molar-refractivity contribution in [2.75, 3.05) is 5.32 Å². The van der Waals surface area contributed by atoms with E-state index in [-0.39, 0.29) is 16.8 Å². The number of carbonyl (C=O) groups excluding carboxylic acids is 1. The highest BCUT2D eigenvalue weighted by molar-refractivity contribution is 7.89. The minimum Gasteiger partial charge on any atom is -0.325 e. The van der Waals surface area contributed by atoms with Crippen LogP contribution in [0.1, 0.15) is 26.2 Å². The van der Waals surface area contributed by atoms with Gasteiger partial charge in [0.05, 0.1) is 10.9 Å². The maximum Gasteiger partial charge on any atom is 0.241 e. The van der Waals surface area contributed by atoms with Crippen molar-refractivity contribution in [3.63, 3.8) is 0 Å². The molecule has 2 rings (SSSR count). The molecule has 1 saturated carbocycles. The van der Waals surface area contributed by atoms with Gasteiger partial charge < -0.3 is 11.1 Å². The van der Waals surface area contributed by atoms with E-state index in [0.717, 1.165) is 12.8 Å². The van der Waals surface area contributed by atoms with Crippen LogP contribution in [0.2, 0.25) is 0 Å². The molecule has 0 saturated heterocycles. The molecule has 0 aromatic heterocycles. The summed E-state index contributed by atoms with van der Waals surface area (Å²) in [5, 5.41) is 2.65. The molecule has 0 heterocycles. The van der Waals surface area contributed by atoms with E-state index in [1.165, 1.54) is 12.1 Å². The fourth-order valence-electron chi connectivity index (χ4n) is 1.63. The minimum atomic E-state index is -3.45. The molecule has 0 spiro atoms. The van der Waals surface area contributed by atoms with Crippen LogP contribution in [0, 0.1) is 0 Å². The van der Waals surface area contributed by atoms with Gasteiger partial charge in [-0.2, -0.15) is 0 Å². The Bertz CT molecular complexity index is 579. The van der Waals surface area contributed by atoms with Gasteiger partial charge in [-0.1, -0.05) is 6.92 Å². The summed E-state index contributed by atoms with van der Waals surface area (Å²) in [6.45, 7) is 1.82. The highest BCUT2D eigenvalue weighted by Crippen LogP contribution is 2.22. The highest BCUT2D eigenvalue weighted by atomic mass is 32.2. The molecule has 20 heavy (non-hydrogen) atoms. The summed E-state index contributed by atoms with van der Waals surface area (Å²) in [6.07, 6.45) is 2.33. The van der Waals surface area contributed by atoms with E-state index in [0.29, 0.717) is 12.1 Å². The predicted octanol–water partition coefficient (Wildman–Crippen LogP) is 0.803. The van der Waals surface area contributed by atoms with Crippen LogP contribution in [0.15, 0.2) is 29.2 Å². The number of carbonyl (C=O) groups is 1. The fourth-order valence-corrected chi connectivity index (χ4v) is 2.93. The lowest BCUT2D eigenvalue weighted by Gasteiger charge is -2.11. The van der Waals surface area contributed by atoms with Crippen LogP contribution in [-0.4, -0.2) is 26.4 Å². The number of hydrogen-bond donors (Lipinski definition) is 3. The van der Waals surface area contributed by atoms with Crippen LogP contribution in [-0.2, 0) is 14.8 Å². The van der Waals surface area contributed by atoms with E-state index in [1.54, 1.807) is 12.1 Å². The zero-order valence-electron chi connectivity index (χ0n) is 11.3. The van der Waals surface area contributed by atoms with Gasteiger partial charge in [-0.25, -0.2) is 13.1 Å². The number of anilines is 1. The van der Waals surface area contributed by atoms with Gasteiger partial charge >= 0.3 is 0 Å². The molecule has 4 N–H and O–H groups in total. The Morgan fingerprint density at radius 2 is 1.95 bits per heavy atom. The highest BCUT2D eigenvalue weighted by Gasteiger charge is 2.27. The third-order valence-electron chi connectivity index (χ3n) is 3.11. The average molecular weight is 297 g/mol. The molecule has 6 nitrogen and oxygen atoms in total. The topological polar surface area (TPSA) is 101 Å². The first-order valence-corrected chi connectivity index (χ1v) is 8.09. The van der Waals surface area contributed by atoms with Crippen LogP contribution in [0.5, 0.6) is 0 Å². The standard InChI is InChI=1S/C13H19N3O3S/c1-2-12(14)13(17)15-9-5-7-11(8-6-9)20(18,19)16-10-3-4-10/h5-8,10,12,16H,2-4,14H2,1H3,(H,15,17)/t12-/m1/s1. The average Bonchev–Trinajstić information content (AvgIpc) is 3.21. The Kier molecular flexibility index (Phi) is 4.42. The summed E-state index contributed by atoms with van der Waals surface area (Å²) in [5.41, 5.74) is 6.14. The van der Waals surface area contributed by atoms with E-state index in [4.69, 9.17) is 5.73 Å². The van der Waals surface area contributed by atoms with Gasteiger partial charge in [-0.15, -0.1) is 0 Å². The molecule has 0 bridgehead atoms. The lowest BCUT2D eigenvalue weighted by atomic mass is 10.2. The van der Waals surface area contributed by atoms with Crippen molar-refractivity contribution in [1.82, 2.24) is 4.72 Å². The maximum absolute atomic E-state index is 12.0. The molecule has 7 heteroatoms. The molecule has 1 aliphatic rings. The Hall–Kier alpha value is -1.44. The molecule has 0 radical (unpaired) electrons. The van der Waals surface area contributed by atoms with Gasteiger partial charge in [0.15, 0.2) is 0 Å². The summed E-state index contributed by atoms with van der Waals surface area (Å²) in [4.78, 5) is 11.8. The molecule has 1 aliphatic carbocycles. The number of nitrogens with one attached hydrogen (secondary N) is 2. The number of amides is 1. The molecule has 0 aliphatic heterocycles. The fraction of sp³-hybridized carbons (Fsp3) is 0.462. The number of hydrogen-bond acceptors (Lipinski definition) is 4. The Balaban J connectivity index is 2.04. The van der Waals surface area contributed by atoms with E-state index < -0.39 is 16.1 Å². The van der Waals surface area contributed by atoms with E-state index in [1.807, 2.05) is 6.92 Å². The maximum atomic E-state index is 12.0. The Morgan fingerprint density at radius 1 is 1.35 bits per heavy atom. The second kappa shape index (κ2) is 5.90. The minimum absolute atomic E-state index is 0.0712. The van der Waals surface area contributed by atoms with Crippen LogP contribution >= 0.6 is 0 Å². The van der Waals surface area contributed by atoms with Crippen molar-refractivity contribution in [2.45, 2.75) is 43.2 Å². The second-order valence-electron chi connectivity index (χ2n) is 4.92. The molecule has 1 aromatic carbocycles. The third-order valence-corrected chi connectivity index (χ3v) is 4.64. The van der Waals surface area contributed by atoms with Gasteiger partial charge in [0.2, 0.25) is 15.9 Å². The molecule has 1 fully saturated rings. The van der Waals surface area contributed by atoms with Crippen LogP contribution in [0.3, 0.4) is 0 Å². The van der Waals surface area contributed by atoms with Crippen molar-refractivity contribution < 1.29 is 13.2 Å². The first-order chi connectivity index (χ1) is 9.42. The first-order valence-electron chi connectivity index (χ1n) is 6.61. The SMILES string of the molecule is CC[C@@H](N)C(=O)Nc1ccc(S(=O)(=O)NC2CC2)cc1. The molecular weight excluding hydrogens is 278 g/mol. The first kappa shape index (κ1) is 15.0. The van der Waals surface area contributed by atoms with Gasteiger partial charge in [0.25, 0.3) is 0 Å². The third kappa shape index (κ3) is 3.78.